The molecule has 1 aliphatic rings. The summed E-state index contributed by atoms with van der Waals surface area (Å²) < 4.78 is 5.42. The third-order valence-electron chi connectivity index (χ3n) is 3.25. The van der Waals surface area contributed by atoms with Gasteiger partial charge >= 0.3 is 0 Å². The highest BCUT2D eigenvalue weighted by Crippen LogP contribution is 2.26. The Hall–Kier alpha value is -0.420. The molecule has 1 aliphatic heterocycles. The van der Waals surface area contributed by atoms with E-state index in [1.807, 2.05) is 11.3 Å². The van der Waals surface area contributed by atoms with Crippen molar-refractivity contribution in [2.45, 2.75) is 26.4 Å². The summed E-state index contributed by atoms with van der Waals surface area (Å²) >= 11 is 1.84. The Kier molecular flexibility index (Phi) is 3.64. The predicted molar refractivity (Wildman–Crippen MR) is 67.7 cm³/mol. The zero-order valence-electron chi connectivity index (χ0n) is 9.95. The molecule has 2 rings (SSSR count). The van der Waals surface area contributed by atoms with Crippen LogP contribution in [-0.2, 0) is 11.3 Å². The molecule has 1 fully saturated rings. The number of ether oxygens (including phenoxy) is 1. The molecule has 2 atom stereocenters. The second kappa shape index (κ2) is 4.84. The summed E-state index contributed by atoms with van der Waals surface area (Å²) in [5.74, 6) is 0. The molecule has 0 amide bonds. The van der Waals surface area contributed by atoms with Gasteiger partial charge in [-0.15, -0.1) is 11.3 Å². The Morgan fingerprint density at radius 3 is 3.00 bits per heavy atom. The number of hydrogen-bond donors (Lipinski definition) is 2. The Morgan fingerprint density at radius 1 is 1.62 bits per heavy atom. The maximum absolute atomic E-state index is 6.03. The lowest BCUT2D eigenvalue weighted by atomic mass is 9.86. The lowest BCUT2D eigenvalue weighted by molar-refractivity contribution is 0.158. The van der Waals surface area contributed by atoms with Gasteiger partial charge in [-0.2, -0.15) is 0 Å². The highest BCUT2D eigenvalue weighted by atomic mass is 32.1. The summed E-state index contributed by atoms with van der Waals surface area (Å²) in [5.41, 5.74) is 6.12. The van der Waals surface area contributed by atoms with Gasteiger partial charge in [0.15, 0.2) is 0 Å². The van der Waals surface area contributed by atoms with Crippen molar-refractivity contribution in [3.8, 4) is 0 Å². The third kappa shape index (κ3) is 2.63. The number of thiophene rings is 1. The van der Waals surface area contributed by atoms with Gasteiger partial charge in [-0.3, -0.25) is 0 Å². The molecule has 0 aliphatic carbocycles. The minimum Gasteiger partial charge on any atom is -0.379 e. The fraction of sp³-hybridized carbons (Fsp3) is 0.667. The Balaban J connectivity index is 1.79. The van der Waals surface area contributed by atoms with E-state index < -0.39 is 0 Å². The van der Waals surface area contributed by atoms with Crippen LogP contribution >= 0.6 is 11.3 Å². The van der Waals surface area contributed by atoms with Crippen molar-refractivity contribution in [1.82, 2.24) is 5.32 Å². The predicted octanol–water partition coefficient (Wildman–Crippen LogP) is 1.51. The van der Waals surface area contributed by atoms with Crippen LogP contribution in [0.15, 0.2) is 12.1 Å². The van der Waals surface area contributed by atoms with Crippen LogP contribution < -0.4 is 11.1 Å². The van der Waals surface area contributed by atoms with Crippen LogP contribution in [0.2, 0.25) is 0 Å². The third-order valence-corrected chi connectivity index (χ3v) is 4.25. The molecule has 90 valence electrons. The summed E-state index contributed by atoms with van der Waals surface area (Å²) in [6, 6.07) is 4.50. The number of nitrogens with one attached hydrogen (secondary N) is 1. The average Bonchev–Trinajstić information content (AvgIpc) is 2.76. The normalized spacial score (nSPS) is 29.8. The number of aryl methyl sites for hydroxylation is 1. The minimum atomic E-state index is 0.0896. The summed E-state index contributed by atoms with van der Waals surface area (Å²) in [6.45, 7) is 7.64. The van der Waals surface area contributed by atoms with Crippen LogP contribution in [0, 0.1) is 12.3 Å². The zero-order valence-corrected chi connectivity index (χ0v) is 10.8. The monoisotopic (exact) mass is 240 g/mol. The van der Waals surface area contributed by atoms with Gasteiger partial charge in [0.25, 0.3) is 0 Å². The molecule has 0 bridgehead atoms. The fourth-order valence-electron chi connectivity index (χ4n) is 1.96. The van der Waals surface area contributed by atoms with Crippen LogP contribution in [0.3, 0.4) is 0 Å². The van der Waals surface area contributed by atoms with Crippen LogP contribution in [0.5, 0.6) is 0 Å². The SMILES string of the molecule is Cc1ccc(CNCC2(C)COCC2N)s1. The molecule has 0 aromatic carbocycles. The van der Waals surface area contributed by atoms with Crippen LogP contribution in [0.25, 0.3) is 0 Å². The van der Waals surface area contributed by atoms with Crippen LogP contribution in [0.4, 0.5) is 0 Å². The zero-order chi connectivity index (χ0) is 11.6. The van der Waals surface area contributed by atoms with E-state index in [0.29, 0.717) is 6.61 Å². The van der Waals surface area contributed by atoms with Gasteiger partial charge in [-0.1, -0.05) is 6.92 Å². The van der Waals surface area contributed by atoms with Gasteiger partial charge in [0.1, 0.15) is 0 Å². The van der Waals surface area contributed by atoms with Crippen molar-refractivity contribution < 1.29 is 4.74 Å². The highest BCUT2D eigenvalue weighted by Gasteiger charge is 2.37. The lowest BCUT2D eigenvalue weighted by Crippen LogP contribution is -2.45. The molecular weight excluding hydrogens is 220 g/mol. The van der Waals surface area contributed by atoms with E-state index in [1.165, 1.54) is 9.75 Å². The quantitative estimate of drug-likeness (QED) is 0.838. The van der Waals surface area contributed by atoms with Gasteiger partial charge in [0.2, 0.25) is 0 Å². The second-order valence-corrected chi connectivity index (χ2v) is 6.26. The van der Waals surface area contributed by atoms with Crippen molar-refractivity contribution in [2.24, 2.45) is 11.1 Å². The molecule has 1 aromatic rings. The largest absolute Gasteiger partial charge is 0.379 e. The average molecular weight is 240 g/mol. The first-order chi connectivity index (χ1) is 7.60. The first-order valence-electron chi connectivity index (χ1n) is 5.69. The molecule has 0 spiro atoms. The molecule has 16 heavy (non-hydrogen) atoms. The first kappa shape index (κ1) is 12.0. The number of hydrogen-bond acceptors (Lipinski definition) is 4. The molecule has 1 aromatic heterocycles. The Labute approximate surface area is 101 Å². The van der Waals surface area contributed by atoms with E-state index >= 15 is 0 Å². The van der Waals surface area contributed by atoms with Crippen molar-refractivity contribution in [1.29, 1.82) is 0 Å². The Bertz CT molecular complexity index is 353. The molecule has 3 N–H and O–H groups in total. The van der Waals surface area contributed by atoms with Gasteiger partial charge in [0, 0.05) is 34.3 Å². The molecule has 2 unspecified atom stereocenters. The highest BCUT2D eigenvalue weighted by molar-refractivity contribution is 7.11. The Morgan fingerprint density at radius 2 is 2.44 bits per heavy atom. The van der Waals surface area contributed by atoms with Crippen molar-refractivity contribution in [3.63, 3.8) is 0 Å². The molecule has 3 nitrogen and oxygen atoms in total. The van der Waals surface area contributed by atoms with E-state index in [0.717, 1.165) is 19.7 Å². The van der Waals surface area contributed by atoms with Crippen molar-refractivity contribution in [3.05, 3.63) is 21.9 Å². The maximum atomic E-state index is 6.03. The summed E-state index contributed by atoms with van der Waals surface area (Å²) in [6.07, 6.45) is 0. The van der Waals surface area contributed by atoms with E-state index in [2.05, 4.69) is 31.3 Å². The van der Waals surface area contributed by atoms with E-state index in [9.17, 15) is 0 Å². The molecular formula is C12H20N2OS. The van der Waals surface area contributed by atoms with E-state index in [4.69, 9.17) is 10.5 Å². The molecule has 4 heteroatoms. The van der Waals surface area contributed by atoms with Crippen LogP contribution in [0.1, 0.15) is 16.7 Å². The summed E-state index contributed by atoms with van der Waals surface area (Å²) in [4.78, 5) is 2.75. The van der Waals surface area contributed by atoms with Gasteiger partial charge in [0.05, 0.1) is 13.2 Å². The first-order valence-corrected chi connectivity index (χ1v) is 6.51. The van der Waals surface area contributed by atoms with Crippen molar-refractivity contribution in [2.75, 3.05) is 19.8 Å². The minimum absolute atomic E-state index is 0.0896. The van der Waals surface area contributed by atoms with Gasteiger partial charge in [-0.05, 0) is 19.1 Å². The molecule has 1 saturated heterocycles. The van der Waals surface area contributed by atoms with E-state index in [1.54, 1.807) is 0 Å². The van der Waals surface area contributed by atoms with Gasteiger partial charge < -0.3 is 15.8 Å². The fourth-order valence-corrected chi connectivity index (χ4v) is 2.82. The topological polar surface area (TPSA) is 47.3 Å². The van der Waals surface area contributed by atoms with Gasteiger partial charge in [-0.25, -0.2) is 0 Å². The smallest absolute Gasteiger partial charge is 0.0624 e. The standard InChI is InChI=1S/C12H20N2OS/c1-9-3-4-10(16-9)5-14-7-12(2)8-15-6-11(12)13/h3-4,11,14H,5-8,13H2,1-2H3. The summed E-state index contributed by atoms with van der Waals surface area (Å²) in [7, 11) is 0. The molecule has 0 radical (unpaired) electrons. The van der Waals surface area contributed by atoms with Crippen molar-refractivity contribution >= 4 is 11.3 Å². The van der Waals surface area contributed by atoms with E-state index in [-0.39, 0.29) is 11.5 Å². The summed E-state index contributed by atoms with van der Waals surface area (Å²) in [5, 5.41) is 3.48. The lowest BCUT2D eigenvalue weighted by Gasteiger charge is -2.26. The molecule has 2 heterocycles. The maximum Gasteiger partial charge on any atom is 0.0624 e. The van der Waals surface area contributed by atoms with Crippen LogP contribution in [-0.4, -0.2) is 25.8 Å². The molecule has 0 saturated carbocycles. The number of rotatable bonds is 4. The second-order valence-electron chi connectivity index (χ2n) is 4.89. The number of nitrogens with two attached hydrogens (primary N) is 1.